The molecule has 1 aromatic heterocycles. The van der Waals surface area contributed by atoms with Gasteiger partial charge in [0.15, 0.2) is 5.82 Å². The van der Waals surface area contributed by atoms with Crippen LogP contribution in [0, 0.1) is 5.82 Å². The van der Waals surface area contributed by atoms with Crippen LogP contribution < -0.4 is 10.6 Å². The maximum absolute atomic E-state index is 13.6. The predicted molar refractivity (Wildman–Crippen MR) is 97.5 cm³/mol. The summed E-state index contributed by atoms with van der Waals surface area (Å²) in [4.78, 5) is 4.41. The Hall–Kier alpha value is -3.02. The van der Waals surface area contributed by atoms with E-state index < -0.39 is 0 Å². The summed E-state index contributed by atoms with van der Waals surface area (Å²) in [5, 5.41) is 14.3. The summed E-state index contributed by atoms with van der Waals surface area (Å²) in [6, 6.07) is 14.8. The summed E-state index contributed by atoms with van der Waals surface area (Å²) in [6.07, 6.45) is 3.05. The van der Waals surface area contributed by atoms with Crippen LogP contribution in [0.5, 0.6) is 0 Å². The van der Waals surface area contributed by atoms with Gasteiger partial charge in [0.1, 0.15) is 5.82 Å². The van der Waals surface area contributed by atoms with Crippen LogP contribution in [-0.2, 0) is 12.8 Å². The van der Waals surface area contributed by atoms with Crippen LogP contribution in [0.3, 0.4) is 0 Å². The van der Waals surface area contributed by atoms with Gasteiger partial charge in [-0.2, -0.15) is 10.1 Å². The molecule has 5 nitrogen and oxygen atoms in total. The van der Waals surface area contributed by atoms with E-state index >= 15 is 0 Å². The average molecular weight is 337 g/mol. The highest BCUT2D eigenvalue weighted by molar-refractivity contribution is 5.60. The predicted octanol–water partition coefficient (Wildman–Crippen LogP) is 3.97. The number of hydrogen-bond donors (Lipinski definition) is 2. The van der Waals surface area contributed by atoms with Crippen LogP contribution in [0.15, 0.2) is 54.7 Å². The van der Waals surface area contributed by atoms with Crippen LogP contribution in [0.4, 0.5) is 21.8 Å². The highest BCUT2D eigenvalue weighted by Gasteiger charge is 2.05. The number of aromatic nitrogens is 3. The molecule has 2 N–H and O–H groups in total. The number of hydrogen-bond acceptors (Lipinski definition) is 5. The van der Waals surface area contributed by atoms with Crippen LogP contribution in [0.1, 0.15) is 18.1 Å². The van der Waals surface area contributed by atoms with Crippen molar-refractivity contribution in [1.29, 1.82) is 0 Å². The zero-order valence-electron chi connectivity index (χ0n) is 14.0. The Balaban J connectivity index is 1.62. The smallest absolute Gasteiger partial charge is 0.244 e. The van der Waals surface area contributed by atoms with Gasteiger partial charge in [0.05, 0.1) is 6.20 Å². The molecule has 0 aliphatic heterocycles. The molecule has 0 atom stereocenters. The molecule has 25 heavy (non-hydrogen) atoms. The first-order chi connectivity index (χ1) is 12.3. The Morgan fingerprint density at radius 1 is 1.00 bits per heavy atom. The highest BCUT2D eigenvalue weighted by atomic mass is 19.1. The van der Waals surface area contributed by atoms with Gasteiger partial charge in [-0.3, -0.25) is 0 Å². The minimum atomic E-state index is -0.199. The summed E-state index contributed by atoms with van der Waals surface area (Å²) in [5.41, 5.74) is 2.87. The van der Waals surface area contributed by atoms with E-state index in [4.69, 9.17) is 0 Å². The zero-order valence-corrected chi connectivity index (χ0v) is 14.0. The Morgan fingerprint density at radius 3 is 2.56 bits per heavy atom. The highest BCUT2D eigenvalue weighted by Crippen LogP contribution is 2.19. The number of rotatable bonds is 7. The van der Waals surface area contributed by atoms with Crippen molar-refractivity contribution >= 4 is 17.5 Å². The van der Waals surface area contributed by atoms with Crippen molar-refractivity contribution in [2.75, 3.05) is 17.2 Å². The van der Waals surface area contributed by atoms with E-state index in [2.05, 4.69) is 38.8 Å². The Labute approximate surface area is 146 Å². The van der Waals surface area contributed by atoms with Gasteiger partial charge in [0.2, 0.25) is 5.95 Å². The Bertz CT molecular complexity index is 837. The van der Waals surface area contributed by atoms with E-state index in [-0.39, 0.29) is 5.82 Å². The van der Waals surface area contributed by atoms with Crippen LogP contribution in [0.2, 0.25) is 0 Å². The molecule has 2 aromatic carbocycles. The molecule has 0 saturated heterocycles. The topological polar surface area (TPSA) is 62.7 Å². The third-order valence-corrected chi connectivity index (χ3v) is 3.86. The molecule has 0 spiro atoms. The first-order valence-electron chi connectivity index (χ1n) is 8.28. The van der Waals surface area contributed by atoms with Gasteiger partial charge in [-0.1, -0.05) is 43.3 Å². The van der Waals surface area contributed by atoms with Crippen molar-refractivity contribution in [2.45, 2.75) is 19.8 Å². The van der Waals surface area contributed by atoms with Crippen LogP contribution in [-0.4, -0.2) is 21.7 Å². The second-order valence-corrected chi connectivity index (χ2v) is 5.57. The van der Waals surface area contributed by atoms with Crippen molar-refractivity contribution in [3.63, 3.8) is 0 Å². The van der Waals surface area contributed by atoms with E-state index in [9.17, 15) is 4.39 Å². The molecular formula is C19H20FN5. The number of aryl methyl sites for hydroxylation is 1. The number of nitrogens with one attached hydrogen (secondary N) is 2. The number of halogens is 1. The standard InChI is InChI=1S/C19H20FN5/c1-2-14-7-4-6-10-17(14)23-18-13-22-25-19(24-18)21-12-11-15-8-3-5-9-16(15)20/h3-10,13H,2,11-12H2,1H3,(H2,21,23,24,25). The van der Waals surface area contributed by atoms with E-state index in [0.29, 0.717) is 30.3 Å². The molecule has 6 heteroatoms. The number of para-hydroxylation sites is 1. The molecule has 0 bridgehead atoms. The molecule has 0 fully saturated rings. The Morgan fingerprint density at radius 2 is 1.76 bits per heavy atom. The molecule has 3 aromatic rings. The van der Waals surface area contributed by atoms with Gasteiger partial charge in [-0.15, -0.1) is 5.10 Å². The largest absolute Gasteiger partial charge is 0.353 e. The molecule has 0 unspecified atom stereocenters. The third-order valence-electron chi connectivity index (χ3n) is 3.86. The lowest BCUT2D eigenvalue weighted by molar-refractivity contribution is 0.610. The lowest BCUT2D eigenvalue weighted by Gasteiger charge is -2.10. The number of anilines is 3. The lowest BCUT2D eigenvalue weighted by Crippen LogP contribution is -2.10. The summed E-state index contributed by atoms with van der Waals surface area (Å²) >= 11 is 0. The first-order valence-corrected chi connectivity index (χ1v) is 8.28. The molecule has 0 saturated carbocycles. The minimum absolute atomic E-state index is 0.199. The fourth-order valence-electron chi connectivity index (χ4n) is 2.54. The summed E-state index contributed by atoms with van der Waals surface area (Å²) in [6.45, 7) is 2.63. The van der Waals surface area contributed by atoms with Crippen LogP contribution >= 0.6 is 0 Å². The molecule has 0 aliphatic carbocycles. The second-order valence-electron chi connectivity index (χ2n) is 5.57. The van der Waals surface area contributed by atoms with Crippen LogP contribution in [0.25, 0.3) is 0 Å². The van der Waals surface area contributed by atoms with Crippen molar-refractivity contribution in [1.82, 2.24) is 15.2 Å². The number of nitrogens with zero attached hydrogens (tertiary/aromatic N) is 3. The molecular weight excluding hydrogens is 317 g/mol. The first kappa shape index (κ1) is 16.8. The SMILES string of the molecule is CCc1ccccc1Nc1cnnc(NCCc2ccccc2F)n1. The quantitative estimate of drug-likeness (QED) is 0.683. The van der Waals surface area contributed by atoms with Crippen molar-refractivity contribution in [2.24, 2.45) is 0 Å². The third kappa shape index (κ3) is 4.50. The van der Waals surface area contributed by atoms with Crippen molar-refractivity contribution < 1.29 is 4.39 Å². The molecule has 0 radical (unpaired) electrons. The normalized spacial score (nSPS) is 10.5. The van der Waals surface area contributed by atoms with Crippen molar-refractivity contribution in [3.05, 3.63) is 71.7 Å². The van der Waals surface area contributed by atoms with E-state index in [1.807, 2.05) is 24.3 Å². The number of benzene rings is 2. The lowest BCUT2D eigenvalue weighted by atomic mass is 10.1. The molecule has 0 aliphatic rings. The fraction of sp³-hybridized carbons (Fsp3) is 0.211. The summed E-state index contributed by atoms with van der Waals surface area (Å²) < 4.78 is 13.6. The monoisotopic (exact) mass is 337 g/mol. The average Bonchev–Trinajstić information content (AvgIpc) is 2.64. The molecule has 0 amide bonds. The minimum Gasteiger partial charge on any atom is -0.353 e. The summed E-state index contributed by atoms with van der Waals surface area (Å²) in [5.74, 6) is 0.828. The summed E-state index contributed by atoms with van der Waals surface area (Å²) in [7, 11) is 0. The Kier molecular flexibility index (Phi) is 5.51. The second kappa shape index (κ2) is 8.19. The van der Waals surface area contributed by atoms with Crippen molar-refractivity contribution in [3.8, 4) is 0 Å². The van der Waals surface area contributed by atoms with Gasteiger partial charge in [0.25, 0.3) is 0 Å². The maximum atomic E-state index is 13.6. The fourth-order valence-corrected chi connectivity index (χ4v) is 2.54. The van der Waals surface area contributed by atoms with E-state index in [1.54, 1.807) is 18.3 Å². The van der Waals surface area contributed by atoms with Gasteiger partial charge in [0, 0.05) is 12.2 Å². The maximum Gasteiger partial charge on any atom is 0.244 e. The van der Waals surface area contributed by atoms with Gasteiger partial charge >= 0.3 is 0 Å². The van der Waals surface area contributed by atoms with Gasteiger partial charge in [-0.05, 0) is 36.1 Å². The van der Waals surface area contributed by atoms with E-state index in [1.165, 1.54) is 11.6 Å². The van der Waals surface area contributed by atoms with Gasteiger partial charge in [-0.25, -0.2) is 4.39 Å². The molecule has 1 heterocycles. The van der Waals surface area contributed by atoms with E-state index in [0.717, 1.165) is 12.1 Å². The van der Waals surface area contributed by atoms with Gasteiger partial charge < -0.3 is 10.6 Å². The molecule has 128 valence electrons. The zero-order chi connectivity index (χ0) is 17.5. The molecule has 3 rings (SSSR count).